The molecule has 0 saturated heterocycles. The molecule has 1 heterocycles. The summed E-state index contributed by atoms with van der Waals surface area (Å²) >= 11 is 8.41. The molecular weight excluding hydrogens is 290 g/mol. The van der Waals surface area contributed by atoms with Crippen LogP contribution in [-0.4, -0.2) is 29.2 Å². The summed E-state index contributed by atoms with van der Waals surface area (Å²) in [5, 5.41) is 2.55. The Labute approximate surface area is 120 Å². The van der Waals surface area contributed by atoms with Gasteiger partial charge in [-0.2, -0.15) is 0 Å². The van der Waals surface area contributed by atoms with Crippen molar-refractivity contribution in [1.29, 1.82) is 0 Å². The van der Waals surface area contributed by atoms with E-state index in [2.05, 4.69) is 5.32 Å². The van der Waals surface area contributed by atoms with E-state index in [0.717, 1.165) is 6.42 Å². The highest BCUT2D eigenvalue weighted by Crippen LogP contribution is 2.25. The first-order chi connectivity index (χ1) is 8.54. The van der Waals surface area contributed by atoms with E-state index in [1.54, 1.807) is 12.1 Å². The fraction of sp³-hybridized carbons (Fsp3) is 0.500. The Balaban J connectivity index is 2.39. The number of carbonyl (C=O) groups excluding carboxylic acids is 2. The van der Waals surface area contributed by atoms with Crippen molar-refractivity contribution in [3.05, 3.63) is 21.3 Å². The van der Waals surface area contributed by atoms with Crippen molar-refractivity contribution in [2.45, 2.75) is 25.5 Å². The van der Waals surface area contributed by atoms with Crippen LogP contribution in [0.5, 0.6) is 0 Å². The lowest BCUT2D eigenvalue weighted by molar-refractivity contribution is -0.118. The predicted octanol–water partition coefficient (Wildman–Crippen LogP) is 3.23. The Morgan fingerprint density at radius 1 is 1.50 bits per heavy atom. The summed E-state index contributed by atoms with van der Waals surface area (Å²) in [6.07, 6.45) is 0.915. The van der Waals surface area contributed by atoms with Crippen LogP contribution in [0.25, 0.3) is 0 Å². The zero-order valence-electron chi connectivity index (χ0n) is 10.4. The molecule has 1 aromatic heterocycles. The summed E-state index contributed by atoms with van der Waals surface area (Å²) in [6.45, 7) is 4.50. The molecule has 0 aromatic carbocycles. The minimum atomic E-state index is -0.230. The molecule has 0 aliphatic rings. The fourth-order valence-corrected chi connectivity index (χ4v) is 3.17. The van der Waals surface area contributed by atoms with E-state index >= 15 is 0 Å². The number of halogens is 1. The largest absolute Gasteiger partial charge is 0.355 e. The molecule has 1 unspecified atom stereocenters. The van der Waals surface area contributed by atoms with Gasteiger partial charge in [0.2, 0.25) is 5.91 Å². The molecule has 1 atom stereocenters. The number of thiophene rings is 1. The second-order valence-electron chi connectivity index (χ2n) is 3.77. The van der Waals surface area contributed by atoms with Crippen LogP contribution < -0.4 is 5.32 Å². The third-order valence-corrected chi connectivity index (χ3v) is 4.61. The Kier molecular flexibility index (Phi) is 6.75. The topological polar surface area (TPSA) is 46.2 Å². The van der Waals surface area contributed by atoms with Crippen LogP contribution in [0.15, 0.2) is 12.1 Å². The predicted molar refractivity (Wildman–Crippen MR) is 78.9 cm³/mol. The van der Waals surface area contributed by atoms with Gasteiger partial charge in [-0.15, -0.1) is 23.1 Å². The highest BCUT2D eigenvalue weighted by Gasteiger charge is 2.18. The van der Waals surface area contributed by atoms with Crippen LogP contribution in [0.1, 0.15) is 29.9 Å². The summed E-state index contributed by atoms with van der Waals surface area (Å²) in [6, 6.07) is 3.44. The van der Waals surface area contributed by atoms with Crippen molar-refractivity contribution >= 4 is 46.4 Å². The number of thioether (sulfide) groups is 1. The number of nitrogens with one attached hydrogen (secondary N) is 1. The number of Topliss-reactive ketones (excluding diaryl/α,β-unsaturated/α-hetero) is 1. The molecule has 0 fully saturated rings. The number of hydrogen-bond acceptors (Lipinski definition) is 4. The highest BCUT2D eigenvalue weighted by molar-refractivity contribution is 8.01. The van der Waals surface area contributed by atoms with Crippen LogP contribution in [0.4, 0.5) is 0 Å². The number of ketones is 1. The standard InChI is InChI=1S/C12H16ClNO2S2/c1-3-6-14-11(15)7-17-8(2)12(16)9-4-5-10(13)18-9/h4-5,8H,3,6-7H2,1-2H3,(H,14,15). The zero-order chi connectivity index (χ0) is 13.5. The maximum absolute atomic E-state index is 12.0. The van der Waals surface area contributed by atoms with Crippen molar-refractivity contribution in [2.24, 2.45) is 0 Å². The lowest BCUT2D eigenvalue weighted by Gasteiger charge is -2.09. The fourth-order valence-electron chi connectivity index (χ4n) is 1.24. The molecule has 0 spiro atoms. The molecule has 3 nitrogen and oxygen atoms in total. The summed E-state index contributed by atoms with van der Waals surface area (Å²) < 4.78 is 0.608. The average Bonchev–Trinajstić information content (AvgIpc) is 2.79. The first kappa shape index (κ1) is 15.5. The summed E-state index contributed by atoms with van der Waals surface area (Å²) in [5.41, 5.74) is 0. The molecule has 6 heteroatoms. The van der Waals surface area contributed by atoms with Gasteiger partial charge < -0.3 is 5.32 Å². The maximum Gasteiger partial charge on any atom is 0.230 e. The van der Waals surface area contributed by atoms with E-state index in [1.165, 1.54) is 23.1 Å². The molecule has 1 N–H and O–H groups in total. The number of amides is 1. The Morgan fingerprint density at radius 2 is 2.22 bits per heavy atom. The number of hydrogen-bond donors (Lipinski definition) is 1. The first-order valence-corrected chi connectivity index (χ1v) is 7.96. The summed E-state index contributed by atoms with van der Waals surface area (Å²) in [5.74, 6) is 0.317. The van der Waals surface area contributed by atoms with Gasteiger partial charge in [0.1, 0.15) is 0 Å². The van der Waals surface area contributed by atoms with Crippen molar-refractivity contribution in [1.82, 2.24) is 5.32 Å². The van der Waals surface area contributed by atoms with E-state index in [0.29, 0.717) is 21.5 Å². The van der Waals surface area contributed by atoms with Crippen LogP contribution >= 0.6 is 34.7 Å². The molecular formula is C12H16ClNO2S2. The van der Waals surface area contributed by atoms with Gasteiger partial charge in [-0.1, -0.05) is 18.5 Å². The first-order valence-electron chi connectivity index (χ1n) is 5.72. The third kappa shape index (κ3) is 5.00. The van der Waals surface area contributed by atoms with Crippen molar-refractivity contribution in [2.75, 3.05) is 12.3 Å². The van der Waals surface area contributed by atoms with E-state index in [-0.39, 0.29) is 16.9 Å². The maximum atomic E-state index is 12.0. The monoisotopic (exact) mass is 305 g/mol. The van der Waals surface area contributed by atoms with Crippen molar-refractivity contribution in [3.8, 4) is 0 Å². The molecule has 0 radical (unpaired) electrons. The van der Waals surface area contributed by atoms with Gasteiger partial charge in [0.15, 0.2) is 5.78 Å². The van der Waals surface area contributed by atoms with Gasteiger partial charge in [0, 0.05) is 6.54 Å². The van der Waals surface area contributed by atoms with E-state index in [4.69, 9.17) is 11.6 Å². The Hall–Kier alpha value is -0.520. The second-order valence-corrected chi connectivity index (χ2v) is 6.82. The quantitative estimate of drug-likeness (QED) is 0.787. The minimum absolute atomic E-state index is 0.0225. The van der Waals surface area contributed by atoms with Gasteiger partial charge in [0.25, 0.3) is 0 Å². The molecule has 100 valence electrons. The van der Waals surface area contributed by atoms with Crippen LogP contribution in [-0.2, 0) is 4.79 Å². The summed E-state index contributed by atoms with van der Waals surface area (Å²) in [7, 11) is 0. The second kappa shape index (κ2) is 7.81. The number of carbonyl (C=O) groups is 2. The van der Waals surface area contributed by atoms with Crippen molar-refractivity contribution in [3.63, 3.8) is 0 Å². The molecule has 1 aromatic rings. The van der Waals surface area contributed by atoms with Gasteiger partial charge >= 0.3 is 0 Å². The average molecular weight is 306 g/mol. The Bertz CT molecular complexity index is 420. The van der Waals surface area contributed by atoms with Gasteiger partial charge in [-0.25, -0.2) is 0 Å². The Morgan fingerprint density at radius 3 is 2.78 bits per heavy atom. The molecule has 0 aliphatic carbocycles. The lowest BCUT2D eigenvalue weighted by Crippen LogP contribution is -2.27. The van der Waals surface area contributed by atoms with Crippen LogP contribution in [0.3, 0.4) is 0 Å². The van der Waals surface area contributed by atoms with E-state index < -0.39 is 0 Å². The molecule has 1 amide bonds. The van der Waals surface area contributed by atoms with Crippen LogP contribution in [0.2, 0.25) is 4.34 Å². The molecule has 0 bridgehead atoms. The van der Waals surface area contributed by atoms with Crippen molar-refractivity contribution < 1.29 is 9.59 Å². The smallest absolute Gasteiger partial charge is 0.230 e. The third-order valence-electron chi connectivity index (χ3n) is 2.22. The molecule has 0 aliphatic heterocycles. The minimum Gasteiger partial charge on any atom is -0.355 e. The van der Waals surface area contributed by atoms with Gasteiger partial charge in [-0.3, -0.25) is 9.59 Å². The lowest BCUT2D eigenvalue weighted by atomic mass is 10.2. The SMILES string of the molecule is CCCNC(=O)CSC(C)C(=O)c1ccc(Cl)s1. The van der Waals surface area contributed by atoms with E-state index in [9.17, 15) is 9.59 Å². The molecule has 0 saturated carbocycles. The van der Waals surface area contributed by atoms with Gasteiger partial charge in [0.05, 0.1) is 20.2 Å². The van der Waals surface area contributed by atoms with Gasteiger partial charge in [-0.05, 0) is 25.5 Å². The van der Waals surface area contributed by atoms with Crippen LogP contribution in [0, 0.1) is 0 Å². The number of rotatable bonds is 7. The summed E-state index contributed by atoms with van der Waals surface area (Å²) in [4.78, 5) is 24.0. The molecule has 1 rings (SSSR count). The molecule has 18 heavy (non-hydrogen) atoms. The zero-order valence-corrected chi connectivity index (χ0v) is 12.8. The highest BCUT2D eigenvalue weighted by atomic mass is 35.5. The normalized spacial score (nSPS) is 12.2. The van der Waals surface area contributed by atoms with E-state index in [1.807, 2.05) is 13.8 Å².